The monoisotopic (exact) mass is 446 g/mol. The quantitative estimate of drug-likeness (QED) is 0.344. The number of aromatic nitrogens is 7. The van der Waals surface area contributed by atoms with Crippen LogP contribution in [0.25, 0.3) is 11.2 Å². The average molecular weight is 446 g/mol. The van der Waals surface area contributed by atoms with E-state index in [0.29, 0.717) is 4.48 Å². The molecule has 0 atom stereocenters. The van der Waals surface area contributed by atoms with Crippen LogP contribution in [0.4, 0.5) is 17.8 Å². The van der Waals surface area contributed by atoms with Crippen LogP contribution in [0.3, 0.4) is 0 Å². The van der Waals surface area contributed by atoms with Gasteiger partial charge in [0, 0.05) is 14.1 Å². The lowest BCUT2D eigenvalue weighted by Gasteiger charge is -2.22. The average Bonchev–Trinajstić information content (AvgIpc) is 3.06. The van der Waals surface area contributed by atoms with Crippen LogP contribution in [0, 0.1) is 0 Å². The smallest absolute Gasteiger partial charge is 0.332 e. The van der Waals surface area contributed by atoms with E-state index in [0.717, 1.165) is 4.57 Å². The van der Waals surface area contributed by atoms with Gasteiger partial charge in [0.2, 0.25) is 23.8 Å². The maximum Gasteiger partial charge on any atom is 0.332 e. The molecule has 3 heterocycles. The first-order chi connectivity index (χ1) is 14.9. The van der Waals surface area contributed by atoms with Crippen molar-refractivity contribution in [1.29, 1.82) is 0 Å². The van der Waals surface area contributed by atoms with E-state index in [4.69, 9.17) is 5.73 Å². The zero-order valence-corrected chi connectivity index (χ0v) is 18.3. The summed E-state index contributed by atoms with van der Waals surface area (Å²) in [5.74, 6) is -1.41. The summed E-state index contributed by atoms with van der Waals surface area (Å²) in [5.41, 5.74) is 4.78. The summed E-state index contributed by atoms with van der Waals surface area (Å²) in [6, 6.07) is 0. The number of likely N-dealkylation sites (N-methyl/N-ethyl adjacent to an activating group) is 1. The molecule has 0 radical (unpaired) electrons. The zero-order chi connectivity index (χ0) is 23.8. The summed E-state index contributed by atoms with van der Waals surface area (Å²) >= 11 is 0. The first-order valence-electron chi connectivity index (χ1n) is 9.38. The van der Waals surface area contributed by atoms with Crippen LogP contribution in [0.2, 0.25) is 0 Å². The Morgan fingerprint density at radius 2 is 1.59 bits per heavy atom. The maximum absolute atomic E-state index is 12.5. The minimum atomic E-state index is -0.588. The summed E-state index contributed by atoms with van der Waals surface area (Å²) < 4.78 is 3.83. The fourth-order valence-corrected chi connectivity index (χ4v) is 2.93. The minimum absolute atomic E-state index is 0.0909. The number of imidazole rings is 1. The van der Waals surface area contributed by atoms with E-state index < -0.39 is 17.2 Å². The molecule has 0 aromatic carbocycles. The lowest BCUT2D eigenvalue weighted by molar-refractivity contribution is -0.861. The second-order valence-electron chi connectivity index (χ2n) is 8.14. The summed E-state index contributed by atoms with van der Waals surface area (Å²) in [7, 11) is 8.35. The number of hydrogen-bond acceptors (Lipinski definition) is 9. The molecule has 15 heteroatoms. The number of aryl methyl sites for hydroxylation is 1. The Labute approximate surface area is 181 Å². The van der Waals surface area contributed by atoms with Gasteiger partial charge in [-0.05, 0) is 0 Å². The lowest BCUT2D eigenvalue weighted by atomic mass is 10.4. The van der Waals surface area contributed by atoms with E-state index in [-0.39, 0.29) is 48.0 Å². The number of nitrogens with zero attached hydrogens (tertiary/aromatic N) is 8. The van der Waals surface area contributed by atoms with Gasteiger partial charge in [-0.15, -0.1) is 0 Å². The molecule has 170 valence electrons. The Morgan fingerprint density at radius 1 is 1.00 bits per heavy atom. The Hall–Kier alpha value is -4.14. The number of rotatable bonds is 6. The Kier molecular flexibility index (Phi) is 5.76. The third kappa shape index (κ3) is 4.77. The van der Waals surface area contributed by atoms with Crippen LogP contribution in [0.15, 0.2) is 15.9 Å². The number of amides is 2. The highest BCUT2D eigenvalue weighted by molar-refractivity contribution is 5.91. The SMILES string of the molecule is Cn1c(=O)c2c(ncn2CC(=O)Nc2nc(N)nc(NC(=O)C[N+](C)(C)C)n2)n(C)c1=O. The molecule has 0 bridgehead atoms. The van der Waals surface area contributed by atoms with Gasteiger partial charge in [-0.1, -0.05) is 0 Å². The number of nitrogen functional groups attached to an aromatic ring is 1. The van der Waals surface area contributed by atoms with Crippen LogP contribution in [0.1, 0.15) is 0 Å². The van der Waals surface area contributed by atoms with Crippen LogP contribution in [-0.2, 0) is 30.2 Å². The molecule has 0 aliphatic carbocycles. The van der Waals surface area contributed by atoms with Crippen molar-refractivity contribution in [1.82, 2.24) is 33.6 Å². The largest absolute Gasteiger partial charge is 0.368 e. The van der Waals surface area contributed by atoms with Crippen LogP contribution in [-0.4, -0.2) is 77.6 Å². The van der Waals surface area contributed by atoms with Crippen molar-refractivity contribution in [3.05, 3.63) is 27.2 Å². The Balaban J connectivity index is 1.80. The molecule has 3 rings (SSSR count). The van der Waals surface area contributed by atoms with E-state index in [1.807, 2.05) is 21.1 Å². The molecule has 32 heavy (non-hydrogen) atoms. The molecule has 0 aliphatic heterocycles. The van der Waals surface area contributed by atoms with Crippen molar-refractivity contribution in [3.8, 4) is 0 Å². The van der Waals surface area contributed by atoms with Gasteiger partial charge in [-0.3, -0.25) is 34.2 Å². The van der Waals surface area contributed by atoms with Gasteiger partial charge in [-0.25, -0.2) is 9.78 Å². The van der Waals surface area contributed by atoms with Crippen molar-refractivity contribution >= 4 is 40.8 Å². The van der Waals surface area contributed by atoms with Crippen LogP contribution in [0.5, 0.6) is 0 Å². The number of nitrogens with two attached hydrogens (primary N) is 1. The van der Waals surface area contributed by atoms with Gasteiger partial charge in [0.15, 0.2) is 17.7 Å². The number of nitrogens with one attached hydrogen (secondary N) is 2. The molecule has 0 saturated heterocycles. The number of carbonyl (C=O) groups excluding carboxylic acids is 2. The second kappa shape index (κ2) is 8.18. The molecule has 0 fully saturated rings. The number of quaternary nitrogens is 1. The van der Waals surface area contributed by atoms with Crippen molar-refractivity contribution < 1.29 is 14.1 Å². The van der Waals surface area contributed by atoms with E-state index in [9.17, 15) is 19.2 Å². The molecule has 3 aromatic heterocycles. The summed E-state index contributed by atoms with van der Waals surface area (Å²) in [5, 5.41) is 4.95. The number of hydrogen-bond donors (Lipinski definition) is 3. The standard InChI is InChI=1S/C17H23N11O4/c1-25-12-11(13(31)26(2)17(25)32)27(8-19-12)6-9(29)20-15-22-14(18)23-16(24-15)21-10(30)7-28(3,4)5/h8H,6-7H2,1-5H3,(H3-,18,20,21,22,23,24,29,30)/p+1. The van der Waals surface area contributed by atoms with Gasteiger partial charge in [-0.2, -0.15) is 15.0 Å². The molecule has 0 aliphatic rings. The van der Waals surface area contributed by atoms with Gasteiger partial charge >= 0.3 is 5.69 Å². The molecular weight excluding hydrogens is 422 g/mol. The predicted octanol–water partition coefficient (Wildman–Crippen LogP) is -2.52. The van der Waals surface area contributed by atoms with Crippen LogP contribution < -0.4 is 27.6 Å². The predicted molar refractivity (Wildman–Crippen MR) is 115 cm³/mol. The van der Waals surface area contributed by atoms with E-state index in [1.165, 1.54) is 29.6 Å². The third-order valence-corrected chi connectivity index (χ3v) is 4.30. The zero-order valence-electron chi connectivity index (χ0n) is 18.3. The van der Waals surface area contributed by atoms with E-state index in [1.54, 1.807) is 0 Å². The lowest BCUT2D eigenvalue weighted by Crippen LogP contribution is -2.41. The molecule has 15 nitrogen and oxygen atoms in total. The Bertz CT molecular complexity index is 1330. The molecule has 4 N–H and O–H groups in total. The van der Waals surface area contributed by atoms with Gasteiger partial charge in [0.25, 0.3) is 11.5 Å². The number of fused-ring (bicyclic) bond motifs is 1. The highest BCUT2D eigenvalue weighted by atomic mass is 16.2. The van der Waals surface area contributed by atoms with Crippen molar-refractivity contribution in [2.24, 2.45) is 14.1 Å². The third-order valence-electron chi connectivity index (χ3n) is 4.30. The fraction of sp³-hybridized carbons (Fsp3) is 0.412. The summed E-state index contributed by atoms with van der Waals surface area (Å²) in [4.78, 5) is 64.9. The van der Waals surface area contributed by atoms with E-state index in [2.05, 4.69) is 30.6 Å². The molecule has 0 unspecified atom stereocenters. The second-order valence-corrected chi connectivity index (χ2v) is 8.14. The molecule has 0 saturated carbocycles. The van der Waals surface area contributed by atoms with Gasteiger partial charge < -0.3 is 14.8 Å². The normalized spacial score (nSPS) is 11.5. The van der Waals surface area contributed by atoms with Gasteiger partial charge in [0.05, 0.1) is 27.5 Å². The molecule has 2 amide bonds. The topological polar surface area (TPSA) is 185 Å². The number of carbonyl (C=O) groups is 2. The number of anilines is 3. The van der Waals surface area contributed by atoms with Crippen molar-refractivity contribution in [2.45, 2.75) is 6.54 Å². The van der Waals surface area contributed by atoms with E-state index >= 15 is 0 Å². The molecule has 0 spiro atoms. The maximum atomic E-state index is 12.5. The first-order valence-corrected chi connectivity index (χ1v) is 9.38. The molecule has 3 aromatic rings. The molecular formula is C17H24N11O4+. The summed E-state index contributed by atoms with van der Waals surface area (Å²) in [6.45, 7) is -0.142. The minimum Gasteiger partial charge on any atom is -0.368 e. The summed E-state index contributed by atoms with van der Waals surface area (Å²) in [6.07, 6.45) is 1.28. The highest BCUT2D eigenvalue weighted by Crippen LogP contribution is 2.09. The van der Waals surface area contributed by atoms with Crippen molar-refractivity contribution in [2.75, 3.05) is 44.1 Å². The van der Waals surface area contributed by atoms with Crippen LogP contribution >= 0.6 is 0 Å². The first kappa shape index (κ1) is 22.5. The fourth-order valence-electron chi connectivity index (χ4n) is 2.93. The highest BCUT2D eigenvalue weighted by Gasteiger charge is 2.18. The Morgan fingerprint density at radius 3 is 2.19 bits per heavy atom. The van der Waals surface area contributed by atoms with Crippen molar-refractivity contribution in [3.63, 3.8) is 0 Å². The van der Waals surface area contributed by atoms with Gasteiger partial charge in [0.1, 0.15) is 6.54 Å².